The first-order valence-electron chi connectivity index (χ1n) is 5.96. The van der Waals surface area contributed by atoms with Gasteiger partial charge in [0, 0.05) is 13.0 Å². The second-order valence-electron chi connectivity index (χ2n) is 4.95. The molecule has 0 heterocycles. The summed E-state index contributed by atoms with van der Waals surface area (Å²) >= 11 is 0. The summed E-state index contributed by atoms with van der Waals surface area (Å²) < 4.78 is 5.29. The van der Waals surface area contributed by atoms with E-state index in [2.05, 4.69) is 6.07 Å². The Hall–Kier alpha value is -2.09. The lowest BCUT2D eigenvalue weighted by Crippen LogP contribution is -2.38. The van der Waals surface area contributed by atoms with Gasteiger partial charge in [0.1, 0.15) is 11.0 Å². The summed E-state index contributed by atoms with van der Waals surface area (Å²) in [5.74, 6) is -1.51. The van der Waals surface area contributed by atoms with E-state index in [1.807, 2.05) is 0 Å². The fourth-order valence-electron chi connectivity index (χ4n) is 1.97. The summed E-state index contributed by atoms with van der Waals surface area (Å²) in [4.78, 5) is 21.7. The second-order valence-corrected chi connectivity index (χ2v) is 4.95. The molecule has 5 nitrogen and oxygen atoms in total. The number of carboxylic acid groups (broad SMARTS) is 1. The molecule has 0 unspecified atom stereocenters. The Morgan fingerprint density at radius 3 is 2.37 bits per heavy atom. The molecule has 5 heteroatoms. The van der Waals surface area contributed by atoms with Crippen LogP contribution in [0.1, 0.15) is 33.6 Å². The van der Waals surface area contributed by atoms with E-state index in [0.29, 0.717) is 18.4 Å². The summed E-state index contributed by atoms with van der Waals surface area (Å²) in [5, 5.41) is 17.9. The summed E-state index contributed by atoms with van der Waals surface area (Å²) in [6, 6.07) is 2.20. The molecule has 0 amide bonds. The van der Waals surface area contributed by atoms with E-state index in [0.717, 1.165) is 6.08 Å². The lowest BCUT2D eigenvalue weighted by molar-refractivity contribution is -0.154. The maximum Gasteiger partial charge on any atom is 0.328 e. The van der Waals surface area contributed by atoms with E-state index in [1.54, 1.807) is 26.0 Å². The highest BCUT2D eigenvalue weighted by molar-refractivity contribution is 5.81. The van der Waals surface area contributed by atoms with Crippen LogP contribution in [0.15, 0.2) is 23.8 Å². The van der Waals surface area contributed by atoms with Crippen LogP contribution in [-0.2, 0) is 14.3 Å². The summed E-state index contributed by atoms with van der Waals surface area (Å²) in [6.07, 6.45) is 5.54. The van der Waals surface area contributed by atoms with Gasteiger partial charge in [-0.2, -0.15) is 5.26 Å². The molecular formula is C14H17NO4. The van der Waals surface area contributed by atoms with Gasteiger partial charge in [-0.3, -0.25) is 4.79 Å². The van der Waals surface area contributed by atoms with E-state index < -0.39 is 23.0 Å². The predicted octanol–water partition coefficient (Wildman–Crippen LogP) is 2.20. The molecule has 0 saturated heterocycles. The molecule has 0 bridgehead atoms. The van der Waals surface area contributed by atoms with Gasteiger partial charge < -0.3 is 9.84 Å². The van der Waals surface area contributed by atoms with Crippen molar-refractivity contribution in [2.45, 2.75) is 39.2 Å². The normalized spacial score (nSPS) is 20.4. The van der Waals surface area contributed by atoms with Gasteiger partial charge in [0.15, 0.2) is 0 Å². The molecule has 1 rings (SSSR count). The third kappa shape index (κ3) is 3.44. The van der Waals surface area contributed by atoms with Crippen LogP contribution in [0, 0.1) is 16.7 Å². The minimum atomic E-state index is -1.04. The number of hydrogen-bond donors (Lipinski definition) is 1. The molecule has 1 aliphatic rings. The molecule has 0 spiro atoms. The number of esters is 1. The molecule has 1 fully saturated rings. The summed E-state index contributed by atoms with van der Waals surface area (Å²) in [5.41, 5.74) is -1.21. The number of aliphatic carboxylic acids is 1. The van der Waals surface area contributed by atoms with Crippen molar-refractivity contribution in [3.8, 4) is 6.07 Å². The van der Waals surface area contributed by atoms with Crippen molar-refractivity contribution >= 4 is 11.9 Å². The zero-order chi connectivity index (χ0) is 14.7. The number of rotatable bonds is 5. The first-order chi connectivity index (χ1) is 8.74. The highest BCUT2D eigenvalue weighted by Gasteiger charge is 2.59. The van der Waals surface area contributed by atoms with Crippen molar-refractivity contribution in [3.05, 3.63) is 23.8 Å². The van der Waals surface area contributed by atoms with E-state index in [9.17, 15) is 14.9 Å². The fraction of sp³-hybridized carbons (Fsp3) is 0.500. The highest BCUT2D eigenvalue weighted by Crippen LogP contribution is 2.55. The van der Waals surface area contributed by atoms with Gasteiger partial charge in [-0.15, -0.1) is 0 Å². The molecule has 1 atom stereocenters. The quantitative estimate of drug-likeness (QED) is 0.466. The molecule has 0 radical (unpaired) electrons. The van der Waals surface area contributed by atoms with Crippen LogP contribution in [0.5, 0.6) is 0 Å². The predicted molar refractivity (Wildman–Crippen MR) is 68.0 cm³/mol. The molecule has 0 aromatic rings. The van der Waals surface area contributed by atoms with E-state index >= 15 is 0 Å². The fourth-order valence-corrected chi connectivity index (χ4v) is 1.97. The van der Waals surface area contributed by atoms with Crippen LogP contribution < -0.4 is 0 Å². The largest absolute Gasteiger partial charge is 0.478 e. The van der Waals surface area contributed by atoms with Gasteiger partial charge in [-0.05, 0) is 38.3 Å². The Bertz CT molecular complexity index is 494. The Morgan fingerprint density at radius 2 is 2.00 bits per heavy atom. The maximum absolute atomic E-state index is 11.2. The topological polar surface area (TPSA) is 87.4 Å². The second kappa shape index (κ2) is 5.27. The lowest BCUT2D eigenvalue weighted by atomic mass is 9.86. The number of carbonyl (C=O) groups is 2. The van der Waals surface area contributed by atoms with Crippen LogP contribution in [0.2, 0.25) is 0 Å². The van der Waals surface area contributed by atoms with Crippen molar-refractivity contribution in [2.24, 2.45) is 5.41 Å². The average Bonchev–Trinajstić information content (AvgIpc) is 3.05. The van der Waals surface area contributed by atoms with Crippen molar-refractivity contribution in [1.29, 1.82) is 5.26 Å². The first kappa shape index (κ1) is 15.0. The number of ether oxygens (including phenoxy) is 1. The van der Waals surface area contributed by atoms with E-state index in [4.69, 9.17) is 9.84 Å². The number of nitrogens with zero attached hydrogens (tertiary/aromatic N) is 1. The van der Waals surface area contributed by atoms with E-state index in [-0.39, 0.29) is 0 Å². The van der Waals surface area contributed by atoms with Crippen molar-refractivity contribution in [1.82, 2.24) is 0 Å². The van der Waals surface area contributed by atoms with Crippen molar-refractivity contribution < 1.29 is 19.4 Å². The number of hydrogen-bond acceptors (Lipinski definition) is 4. The molecular weight excluding hydrogens is 246 g/mol. The molecule has 0 aromatic heterocycles. The average molecular weight is 263 g/mol. The lowest BCUT2D eigenvalue weighted by Gasteiger charge is -2.30. The Labute approximate surface area is 112 Å². The van der Waals surface area contributed by atoms with Crippen LogP contribution in [0.4, 0.5) is 0 Å². The Balaban J connectivity index is 3.01. The SMILES string of the molecule is CC(=O)O[C@@](C)(/C=C/C(C)=C\C(=O)O)C1(C#N)CC1. The van der Waals surface area contributed by atoms with Crippen LogP contribution in [0.3, 0.4) is 0 Å². The molecule has 1 saturated carbocycles. The molecule has 1 aliphatic carbocycles. The van der Waals surface area contributed by atoms with Gasteiger partial charge >= 0.3 is 11.9 Å². The van der Waals surface area contributed by atoms with Crippen molar-refractivity contribution in [2.75, 3.05) is 0 Å². The van der Waals surface area contributed by atoms with Gasteiger partial charge in [0.25, 0.3) is 0 Å². The van der Waals surface area contributed by atoms with Crippen LogP contribution in [-0.4, -0.2) is 22.6 Å². The van der Waals surface area contributed by atoms with E-state index in [1.165, 1.54) is 6.92 Å². The molecule has 102 valence electrons. The van der Waals surface area contributed by atoms with Gasteiger partial charge in [0.05, 0.1) is 6.07 Å². The minimum absolute atomic E-state index is 0.464. The van der Waals surface area contributed by atoms with Gasteiger partial charge in [0.2, 0.25) is 0 Å². The first-order valence-corrected chi connectivity index (χ1v) is 5.96. The Kier molecular flexibility index (Phi) is 4.15. The van der Waals surface area contributed by atoms with Crippen molar-refractivity contribution in [3.63, 3.8) is 0 Å². The smallest absolute Gasteiger partial charge is 0.328 e. The standard InChI is InChI=1S/C14H17NO4/c1-10(8-12(17)18)4-5-13(3,19-11(2)16)14(9-15)6-7-14/h4-5,8H,6-7H2,1-3H3,(H,17,18)/b5-4+,10-8-/t13-/m0/s1. The minimum Gasteiger partial charge on any atom is -0.478 e. The third-order valence-corrected chi connectivity index (χ3v) is 3.29. The molecule has 1 N–H and O–H groups in total. The van der Waals surface area contributed by atoms with Crippen LogP contribution in [0.25, 0.3) is 0 Å². The van der Waals surface area contributed by atoms with Gasteiger partial charge in [-0.25, -0.2) is 4.79 Å². The molecule has 0 aliphatic heterocycles. The molecule has 0 aromatic carbocycles. The number of allylic oxidation sites excluding steroid dienone is 2. The third-order valence-electron chi connectivity index (χ3n) is 3.29. The number of carboxylic acids is 1. The zero-order valence-corrected chi connectivity index (χ0v) is 11.3. The Morgan fingerprint density at radius 1 is 1.42 bits per heavy atom. The highest BCUT2D eigenvalue weighted by atomic mass is 16.6. The maximum atomic E-state index is 11.2. The number of carbonyl (C=O) groups excluding carboxylic acids is 1. The summed E-state index contributed by atoms with van der Waals surface area (Å²) in [6.45, 7) is 4.60. The number of nitriles is 1. The van der Waals surface area contributed by atoms with Crippen LogP contribution >= 0.6 is 0 Å². The van der Waals surface area contributed by atoms with Gasteiger partial charge in [-0.1, -0.05) is 6.08 Å². The molecule has 19 heavy (non-hydrogen) atoms. The summed E-state index contributed by atoms with van der Waals surface area (Å²) in [7, 11) is 0. The monoisotopic (exact) mass is 263 g/mol. The zero-order valence-electron chi connectivity index (χ0n) is 11.3.